The largest absolute Gasteiger partial charge is 0.478 e. The van der Waals surface area contributed by atoms with Crippen molar-refractivity contribution in [1.29, 1.82) is 0 Å². The summed E-state index contributed by atoms with van der Waals surface area (Å²) in [6, 6.07) is -0.651. The first-order valence-electron chi connectivity index (χ1n) is 6.15. The van der Waals surface area contributed by atoms with Gasteiger partial charge in [0.2, 0.25) is 0 Å². The van der Waals surface area contributed by atoms with Crippen molar-refractivity contribution < 1.29 is 24.2 Å². The van der Waals surface area contributed by atoms with Crippen molar-refractivity contribution in [2.24, 2.45) is 5.92 Å². The second-order valence-corrected chi connectivity index (χ2v) is 4.29. The molecule has 1 aliphatic rings. The lowest BCUT2D eigenvalue weighted by Crippen LogP contribution is -2.39. The van der Waals surface area contributed by atoms with E-state index < -0.39 is 17.9 Å². The summed E-state index contributed by atoms with van der Waals surface area (Å²) in [5.74, 6) is -1.30. The fraction of sp³-hybridized carbons (Fsp3) is 0.583. The van der Waals surface area contributed by atoms with Crippen LogP contribution in [0.2, 0.25) is 0 Å². The van der Waals surface area contributed by atoms with Crippen molar-refractivity contribution in [1.82, 2.24) is 10.6 Å². The van der Waals surface area contributed by atoms with Gasteiger partial charge in [-0.05, 0) is 25.2 Å². The van der Waals surface area contributed by atoms with E-state index in [9.17, 15) is 14.4 Å². The molecule has 7 heteroatoms. The van der Waals surface area contributed by atoms with Gasteiger partial charge in [-0.3, -0.25) is 10.1 Å². The fourth-order valence-electron chi connectivity index (χ4n) is 1.26. The van der Waals surface area contributed by atoms with E-state index in [1.807, 2.05) is 5.32 Å². The minimum absolute atomic E-state index is 0.395. The molecule has 1 fully saturated rings. The average molecular weight is 270 g/mol. The van der Waals surface area contributed by atoms with Gasteiger partial charge < -0.3 is 15.2 Å². The van der Waals surface area contributed by atoms with Crippen LogP contribution >= 0.6 is 0 Å². The molecule has 0 radical (unpaired) electrons. The van der Waals surface area contributed by atoms with Gasteiger partial charge in [-0.25, -0.2) is 9.59 Å². The molecule has 7 nitrogen and oxygen atoms in total. The molecule has 0 aromatic carbocycles. The first-order valence-corrected chi connectivity index (χ1v) is 6.15. The number of imide groups is 1. The van der Waals surface area contributed by atoms with E-state index in [1.165, 1.54) is 12.8 Å². The van der Waals surface area contributed by atoms with Gasteiger partial charge in [0, 0.05) is 31.9 Å². The van der Waals surface area contributed by atoms with E-state index in [1.54, 1.807) is 0 Å². The highest BCUT2D eigenvalue weighted by atomic mass is 16.5. The molecule has 0 spiro atoms. The third-order valence-electron chi connectivity index (χ3n) is 2.42. The zero-order chi connectivity index (χ0) is 14.1. The number of nitrogens with one attached hydrogen (secondary N) is 2. The van der Waals surface area contributed by atoms with Crippen LogP contribution in [0.25, 0.3) is 0 Å². The van der Waals surface area contributed by atoms with Crippen LogP contribution in [0.4, 0.5) is 4.79 Å². The molecule has 0 aliphatic heterocycles. The number of hydrogen-bond donors (Lipinski definition) is 3. The van der Waals surface area contributed by atoms with Crippen LogP contribution in [-0.2, 0) is 14.3 Å². The molecule has 0 bridgehead atoms. The lowest BCUT2D eigenvalue weighted by atomic mass is 10.4. The third-order valence-corrected chi connectivity index (χ3v) is 2.42. The second kappa shape index (κ2) is 8.25. The maximum Gasteiger partial charge on any atom is 0.328 e. The molecule has 0 aromatic rings. The summed E-state index contributed by atoms with van der Waals surface area (Å²) in [7, 11) is 0. The van der Waals surface area contributed by atoms with Gasteiger partial charge >= 0.3 is 12.0 Å². The maximum absolute atomic E-state index is 11.2. The number of ether oxygens (including phenoxy) is 1. The van der Waals surface area contributed by atoms with Gasteiger partial charge in [-0.15, -0.1) is 0 Å². The summed E-state index contributed by atoms with van der Waals surface area (Å²) in [5, 5.41) is 12.7. The molecule has 3 N–H and O–H groups in total. The number of aliphatic carboxylic acids is 1. The first-order chi connectivity index (χ1) is 9.08. The Morgan fingerprint density at radius 2 is 2.00 bits per heavy atom. The van der Waals surface area contributed by atoms with Crippen molar-refractivity contribution in [3.63, 3.8) is 0 Å². The summed E-state index contributed by atoms with van der Waals surface area (Å²) in [6.07, 6.45) is 4.59. The molecule has 1 saturated carbocycles. The number of hydrogen-bond acceptors (Lipinski definition) is 4. The van der Waals surface area contributed by atoms with Crippen LogP contribution in [-0.4, -0.2) is 42.8 Å². The molecule has 0 unspecified atom stereocenters. The van der Waals surface area contributed by atoms with E-state index in [2.05, 4.69) is 5.32 Å². The normalized spacial score (nSPS) is 14.3. The van der Waals surface area contributed by atoms with Crippen molar-refractivity contribution in [2.75, 3.05) is 19.8 Å². The number of carbonyl (C=O) groups is 3. The van der Waals surface area contributed by atoms with E-state index in [4.69, 9.17) is 9.84 Å². The SMILES string of the molecule is O=C(O)/C=C/C(=O)NC(=O)NCCCOCC1CC1. The number of carbonyl (C=O) groups excluding carboxylic acids is 2. The van der Waals surface area contributed by atoms with E-state index in [-0.39, 0.29) is 0 Å². The van der Waals surface area contributed by atoms with Crippen LogP contribution in [0.1, 0.15) is 19.3 Å². The summed E-state index contributed by atoms with van der Waals surface area (Å²) < 4.78 is 5.37. The highest BCUT2D eigenvalue weighted by molar-refractivity contribution is 6.02. The Morgan fingerprint density at radius 1 is 1.26 bits per heavy atom. The number of carboxylic acid groups (broad SMARTS) is 1. The van der Waals surface area contributed by atoms with Crippen molar-refractivity contribution >= 4 is 17.9 Å². The molecule has 19 heavy (non-hydrogen) atoms. The summed E-state index contributed by atoms with van der Waals surface area (Å²) in [6.45, 7) is 1.75. The van der Waals surface area contributed by atoms with Crippen molar-refractivity contribution in [2.45, 2.75) is 19.3 Å². The van der Waals surface area contributed by atoms with Crippen LogP contribution in [0.15, 0.2) is 12.2 Å². The Morgan fingerprint density at radius 3 is 2.63 bits per heavy atom. The predicted molar refractivity (Wildman–Crippen MR) is 66.5 cm³/mol. The minimum atomic E-state index is -1.25. The number of carboxylic acids is 1. The van der Waals surface area contributed by atoms with Gasteiger partial charge in [0.25, 0.3) is 5.91 Å². The summed E-state index contributed by atoms with van der Waals surface area (Å²) in [4.78, 5) is 32.3. The molecule has 3 amide bonds. The Labute approximate surface area is 111 Å². The molecule has 1 rings (SSSR count). The Kier molecular flexibility index (Phi) is 6.59. The third kappa shape index (κ3) is 8.78. The molecule has 0 aromatic heterocycles. The molecule has 106 valence electrons. The monoisotopic (exact) mass is 270 g/mol. The van der Waals surface area contributed by atoms with Crippen LogP contribution in [0, 0.1) is 5.92 Å². The molecule has 0 atom stereocenters. The molecule has 1 aliphatic carbocycles. The number of amides is 3. The van der Waals surface area contributed by atoms with Crippen LogP contribution in [0.5, 0.6) is 0 Å². The van der Waals surface area contributed by atoms with Crippen LogP contribution < -0.4 is 10.6 Å². The summed E-state index contributed by atoms with van der Waals surface area (Å²) in [5.41, 5.74) is 0. The molecule has 0 heterocycles. The van der Waals surface area contributed by atoms with Gasteiger partial charge in [0.15, 0.2) is 0 Å². The topological polar surface area (TPSA) is 105 Å². The quantitative estimate of drug-likeness (QED) is 0.434. The zero-order valence-corrected chi connectivity index (χ0v) is 10.6. The maximum atomic E-state index is 11.2. The Hall–Kier alpha value is -1.89. The van der Waals surface area contributed by atoms with Gasteiger partial charge in [0.1, 0.15) is 0 Å². The number of rotatable bonds is 8. The van der Waals surface area contributed by atoms with E-state index >= 15 is 0 Å². The van der Waals surface area contributed by atoms with Crippen LogP contribution in [0.3, 0.4) is 0 Å². The predicted octanol–water partition coefficient (Wildman–Crippen LogP) is 0.270. The fourth-order valence-corrected chi connectivity index (χ4v) is 1.26. The lowest BCUT2D eigenvalue weighted by Gasteiger charge is -2.05. The zero-order valence-electron chi connectivity index (χ0n) is 10.6. The first kappa shape index (κ1) is 15.2. The van der Waals surface area contributed by atoms with Crippen molar-refractivity contribution in [3.05, 3.63) is 12.2 Å². The highest BCUT2D eigenvalue weighted by Crippen LogP contribution is 2.28. The molecule has 0 saturated heterocycles. The molecular formula is C12H18N2O5. The standard InChI is InChI=1S/C12H18N2O5/c15-10(4-5-11(16)17)14-12(18)13-6-1-7-19-8-9-2-3-9/h4-5,9H,1-3,6-8H2,(H,16,17)(H2,13,14,15,18)/b5-4+. The van der Waals surface area contributed by atoms with Gasteiger partial charge in [-0.1, -0.05) is 0 Å². The van der Waals surface area contributed by atoms with Gasteiger partial charge in [0.05, 0.1) is 0 Å². The van der Waals surface area contributed by atoms with E-state index in [0.29, 0.717) is 25.6 Å². The second-order valence-electron chi connectivity index (χ2n) is 4.29. The Balaban J connectivity index is 1.97. The average Bonchev–Trinajstić information content (AvgIpc) is 3.15. The van der Waals surface area contributed by atoms with E-state index in [0.717, 1.165) is 18.6 Å². The minimum Gasteiger partial charge on any atom is -0.478 e. The molecular weight excluding hydrogens is 252 g/mol. The summed E-state index contributed by atoms with van der Waals surface area (Å²) >= 11 is 0. The Bertz CT molecular complexity index is 363. The van der Waals surface area contributed by atoms with Crippen molar-refractivity contribution in [3.8, 4) is 0 Å². The smallest absolute Gasteiger partial charge is 0.328 e. The van der Waals surface area contributed by atoms with Gasteiger partial charge in [-0.2, -0.15) is 0 Å². The number of urea groups is 1. The lowest BCUT2D eigenvalue weighted by molar-refractivity contribution is -0.131. The highest BCUT2D eigenvalue weighted by Gasteiger charge is 2.20.